The van der Waals surface area contributed by atoms with Gasteiger partial charge in [-0.1, -0.05) is 20.8 Å². The summed E-state index contributed by atoms with van der Waals surface area (Å²) in [6, 6.07) is 0.0945. The van der Waals surface area contributed by atoms with Crippen molar-refractivity contribution < 1.29 is 4.79 Å². The predicted octanol–water partition coefficient (Wildman–Crippen LogP) is 2.66. The van der Waals surface area contributed by atoms with Crippen LogP contribution in [0.2, 0.25) is 0 Å². The third-order valence-corrected chi connectivity index (χ3v) is 3.96. The lowest BCUT2D eigenvalue weighted by atomic mass is 9.88. The molecular formula is C12H20BrN3O. The van der Waals surface area contributed by atoms with Crippen LogP contribution in [0.25, 0.3) is 0 Å². The largest absolute Gasteiger partial charge is 0.348 e. The zero-order valence-corrected chi connectivity index (χ0v) is 12.8. The molecular weight excluding hydrogens is 282 g/mol. The van der Waals surface area contributed by atoms with Crippen LogP contribution in [0, 0.1) is 12.3 Å². The van der Waals surface area contributed by atoms with Crippen LogP contribution in [-0.4, -0.2) is 21.7 Å². The van der Waals surface area contributed by atoms with Gasteiger partial charge >= 0.3 is 0 Å². The van der Waals surface area contributed by atoms with Gasteiger partial charge in [-0.2, -0.15) is 5.10 Å². The highest BCUT2D eigenvalue weighted by Gasteiger charge is 2.25. The van der Waals surface area contributed by atoms with Gasteiger partial charge in [-0.25, -0.2) is 0 Å². The summed E-state index contributed by atoms with van der Waals surface area (Å²) >= 11 is 3.40. The number of hydrogen-bond acceptors (Lipinski definition) is 2. The highest BCUT2D eigenvalue weighted by Crippen LogP contribution is 2.22. The second kappa shape index (κ2) is 4.80. The molecule has 4 nitrogen and oxygen atoms in total. The van der Waals surface area contributed by atoms with Gasteiger partial charge in [0, 0.05) is 13.1 Å². The van der Waals surface area contributed by atoms with Crippen molar-refractivity contribution in [3.05, 3.63) is 15.9 Å². The first-order valence-corrected chi connectivity index (χ1v) is 6.44. The normalized spacial score (nSPS) is 13.6. The first-order valence-electron chi connectivity index (χ1n) is 5.64. The van der Waals surface area contributed by atoms with Crippen molar-refractivity contribution in [1.29, 1.82) is 0 Å². The van der Waals surface area contributed by atoms with Gasteiger partial charge in [-0.15, -0.1) is 0 Å². The number of halogens is 1. The molecule has 1 unspecified atom stereocenters. The van der Waals surface area contributed by atoms with E-state index in [2.05, 4.69) is 47.1 Å². The molecule has 0 saturated heterocycles. The Kier molecular flexibility index (Phi) is 4.02. The standard InChI is InChI=1S/C12H20BrN3O/c1-7-9(13)10(16(6)15-7)11(17)14-8(2)12(3,4)5/h8H,1-6H3,(H,14,17). The maximum atomic E-state index is 12.2. The van der Waals surface area contributed by atoms with Crippen LogP contribution in [0.1, 0.15) is 43.9 Å². The van der Waals surface area contributed by atoms with Crippen molar-refractivity contribution in [3.8, 4) is 0 Å². The second-order valence-corrected chi connectivity index (χ2v) is 6.23. The molecule has 17 heavy (non-hydrogen) atoms. The van der Waals surface area contributed by atoms with Gasteiger partial charge in [0.2, 0.25) is 0 Å². The summed E-state index contributed by atoms with van der Waals surface area (Å²) in [5.74, 6) is -0.0950. The van der Waals surface area contributed by atoms with Crippen molar-refractivity contribution in [1.82, 2.24) is 15.1 Å². The number of aromatic nitrogens is 2. The minimum absolute atomic E-state index is 0.0375. The first kappa shape index (κ1) is 14.2. The Morgan fingerprint density at radius 2 is 2.00 bits per heavy atom. The first-order chi connectivity index (χ1) is 7.64. The topological polar surface area (TPSA) is 46.9 Å². The van der Waals surface area contributed by atoms with E-state index in [1.54, 1.807) is 11.7 Å². The van der Waals surface area contributed by atoms with E-state index in [0.717, 1.165) is 10.2 Å². The van der Waals surface area contributed by atoms with Gasteiger partial charge in [0.05, 0.1) is 10.2 Å². The van der Waals surface area contributed by atoms with Crippen LogP contribution >= 0.6 is 15.9 Å². The summed E-state index contributed by atoms with van der Waals surface area (Å²) in [5, 5.41) is 7.21. The highest BCUT2D eigenvalue weighted by atomic mass is 79.9. The number of nitrogens with one attached hydrogen (secondary N) is 1. The van der Waals surface area contributed by atoms with Crippen molar-refractivity contribution in [2.75, 3.05) is 0 Å². The zero-order chi connectivity index (χ0) is 13.4. The summed E-state index contributed by atoms with van der Waals surface area (Å²) in [7, 11) is 1.77. The molecule has 5 heteroatoms. The Labute approximate surface area is 111 Å². The van der Waals surface area contributed by atoms with E-state index in [1.165, 1.54) is 0 Å². The van der Waals surface area contributed by atoms with Gasteiger partial charge in [0.1, 0.15) is 5.69 Å². The van der Waals surface area contributed by atoms with E-state index >= 15 is 0 Å². The predicted molar refractivity (Wildman–Crippen MR) is 72.0 cm³/mol. The van der Waals surface area contributed by atoms with Crippen LogP contribution in [-0.2, 0) is 7.05 Å². The molecule has 0 aromatic carbocycles. The maximum absolute atomic E-state index is 12.2. The lowest BCUT2D eigenvalue weighted by Crippen LogP contribution is -2.42. The van der Waals surface area contributed by atoms with E-state index in [-0.39, 0.29) is 17.4 Å². The van der Waals surface area contributed by atoms with Crippen LogP contribution in [0.5, 0.6) is 0 Å². The number of rotatable bonds is 2. The molecule has 1 rings (SSSR count). The molecule has 1 aromatic heterocycles. The fourth-order valence-corrected chi connectivity index (χ4v) is 1.88. The average Bonchev–Trinajstić information content (AvgIpc) is 2.39. The summed E-state index contributed by atoms with van der Waals surface area (Å²) in [6.07, 6.45) is 0. The quantitative estimate of drug-likeness (QED) is 0.913. The van der Waals surface area contributed by atoms with Crippen molar-refractivity contribution in [3.63, 3.8) is 0 Å². The number of carbonyl (C=O) groups excluding carboxylic acids is 1. The monoisotopic (exact) mass is 301 g/mol. The SMILES string of the molecule is Cc1nn(C)c(C(=O)NC(C)C(C)(C)C)c1Br. The Balaban J connectivity index is 2.91. The molecule has 1 aromatic rings. The van der Waals surface area contributed by atoms with E-state index < -0.39 is 0 Å². The van der Waals surface area contributed by atoms with Gasteiger partial charge in [0.15, 0.2) is 0 Å². The Hall–Kier alpha value is -0.840. The summed E-state index contributed by atoms with van der Waals surface area (Å²) < 4.78 is 2.36. The fourth-order valence-electron chi connectivity index (χ4n) is 1.36. The molecule has 0 bridgehead atoms. The van der Waals surface area contributed by atoms with Gasteiger partial charge in [-0.3, -0.25) is 9.48 Å². The molecule has 96 valence electrons. The summed E-state index contributed by atoms with van der Waals surface area (Å²) in [4.78, 5) is 12.2. The molecule has 1 amide bonds. The molecule has 0 fully saturated rings. The van der Waals surface area contributed by atoms with Crippen molar-refractivity contribution in [2.24, 2.45) is 12.5 Å². The zero-order valence-electron chi connectivity index (χ0n) is 11.3. The number of carbonyl (C=O) groups is 1. The third-order valence-electron chi connectivity index (χ3n) is 3.01. The molecule has 0 spiro atoms. The lowest BCUT2D eigenvalue weighted by molar-refractivity contribution is 0.0899. The minimum atomic E-state index is -0.0950. The average molecular weight is 302 g/mol. The number of hydrogen-bond donors (Lipinski definition) is 1. The Bertz CT molecular complexity index is 432. The van der Waals surface area contributed by atoms with E-state index in [1.807, 2.05) is 13.8 Å². The summed E-state index contributed by atoms with van der Waals surface area (Å²) in [6.45, 7) is 10.2. The number of nitrogens with zero attached hydrogens (tertiary/aromatic N) is 2. The Morgan fingerprint density at radius 1 is 1.47 bits per heavy atom. The molecule has 0 aliphatic heterocycles. The molecule has 1 N–H and O–H groups in total. The van der Waals surface area contributed by atoms with Crippen LogP contribution in [0.15, 0.2) is 4.47 Å². The number of amides is 1. The lowest BCUT2D eigenvalue weighted by Gasteiger charge is -2.28. The maximum Gasteiger partial charge on any atom is 0.270 e. The van der Waals surface area contributed by atoms with Crippen molar-refractivity contribution >= 4 is 21.8 Å². The molecule has 1 atom stereocenters. The second-order valence-electron chi connectivity index (χ2n) is 5.43. The summed E-state index contributed by atoms with van der Waals surface area (Å²) in [5.41, 5.74) is 1.43. The van der Waals surface area contributed by atoms with Crippen LogP contribution in [0.4, 0.5) is 0 Å². The molecule has 0 aliphatic rings. The van der Waals surface area contributed by atoms with Gasteiger partial charge in [-0.05, 0) is 35.2 Å². The molecule has 0 radical (unpaired) electrons. The Morgan fingerprint density at radius 3 is 2.35 bits per heavy atom. The molecule has 1 heterocycles. The number of aryl methyl sites for hydroxylation is 2. The minimum Gasteiger partial charge on any atom is -0.348 e. The van der Waals surface area contributed by atoms with E-state index in [4.69, 9.17) is 0 Å². The molecule has 0 aliphatic carbocycles. The van der Waals surface area contributed by atoms with Gasteiger partial charge < -0.3 is 5.32 Å². The molecule has 0 saturated carbocycles. The fraction of sp³-hybridized carbons (Fsp3) is 0.667. The van der Waals surface area contributed by atoms with Crippen LogP contribution < -0.4 is 5.32 Å². The van der Waals surface area contributed by atoms with Crippen molar-refractivity contribution in [2.45, 2.75) is 40.7 Å². The van der Waals surface area contributed by atoms with E-state index in [0.29, 0.717) is 5.69 Å². The van der Waals surface area contributed by atoms with E-state index in [9.17, 15) is 4.79 Å². The highest BCUT2D eigenvalue weighted by molar-refractivity contribution is 9.10. The third kappa shape index (κ3) is 3.09. The van der Waals surface area contributed by atoms with Gasteiger partial charge in [0.25, 0.3) is 5.91 Å². The smallest absolute Gasteiger partial charge is 0.270 e. The van der Waals surface area contributed by atoms with Crippen LogP contribution in [0.3, 0.4) is 0 Å².